The van der Waals surface area contributed by atoms with Gasteiger partial charge < -0.3 is 5.11 Å². The molecule has 1 aromatic rings. The van der Waals surface area contributed by atoms with Crippen LogP contribution in [-0.2, 0) is 6.42 Å². The van der Waals surface area contributed by atoms with Gasteiger partial charge in [-0.05, 0) is 30.9 Å². The first-order valence-corrected chi connectivity index (χ1v) is 3.85. The van der Waals surface area contributed by atoms with E-state index < -0.39 is 0 Å². The molecule has 0 saturated heterocycles. The van der Waals surface area contributed by atoms with Gasteiger partial charge in [-0.3, -0.25) is 0 Å². The molecule has 0 aliphatic carbocycles. The lowest BCUT2D eigenvalue weighted by Crippen LogP contribution is -1.91. The lowest BCUT2D eigenvalue weighted by atomic mass is 10.0. The summed E-state index contributed by atoms with van der Waals surface area (Å²) in [7, 11) is 0. The van der Waals surface area contributed by atoms with E-state index in [2.05, 4.69) is 13.0 Å². The van der Waals surface area contributed by atoms with Crippen molar-refractivity contribution >= 4 is 0 Å². The third-order valence-corrected chi connectivity index (χ3v) is 1.72. The molecule has 0 fully saturated rings. The highest BCUT2D eigenvalue weighted by Gasteiger charge is 1.94. The fourth-order valence-electron chi connectivity index (χ4n) is 1.07. The zero-order valence-electron chi connectivity index (χ0n) is 6.59. The van der Waals surface area contributed by atoms with E-state index in [-0.39, 0.29) is 6.61 Å². The Labute approximate surface area is 67.7 Å². The Morgan fingerprint density at radius 1 is 1.27 bits per heavy atom. The lowest BCUT2D eigenvalue weighted by Gasteiger charge is -2.02. The van der Waals surface area contributed by atoms with Crippen LogP contribution in [0.3, 0.4) is 0 Å². The Balaban J connectivity index is 2.62. The fraction of sp³-hybridized carbons (Fsp3) is 0.300. The van der Waals surface area contributed by atoms with E-state index in [0.29, 0.717) is 0 Å². The van der Waals surface area contributed by atoms with Gasteiger partial charge in [-0.1, -0.05) is 24.3 Å². The third kappa shape index (κ3) is 2.35. The maximum atomic E-state index is 8.60. The number of aryl methyl sites for hydroxylation is 1. The van der Waals surface area contributed by atoms with Crippen molar-refractivity contribution in [3.8, 4) is 0 Å². The largest absolute Gasteiger partial charge is 0.396 e. The summed E-state index contributed by atoms with van der Waals surface area (Å²) in [6, 6.07) is 8.02. The molecule has 0 amide bonds. The predicted octanol–water partition coefficient (Wildman–Crippen LogP) is 1.79. The maximum Gasteiger partial charge on any atom is 0.0434 e. The van der Waals surface area contributed by atoms with Crippen molar-refractivity contribution in [1.29, 1.82) is 0 Å². The molecule has 1 radical (unpaired) electrons. The van der Waals surface area contributed by atoms with E-state index >= 15 is 0 Å². The summed E-state index contributed by atoms with van der Waals surface area (Å²) >= 11 is 0. The van der Waals surface area contributed by atoms with E-state index in [4.69, 9.17) is 5.11 Å². The van der Waals surface area contributed by atoms with E-state index in [1.807, 2.05) is 18.2 Å². The van der Waals surface area contributed by atoms with E-state index in [0.717, 1.165) is 18.4 Å². The standard InChI is InChI=1S/C10H13O/c1-9-5-2-3-6-10(9)7-4-8-11/h2-3,5-6,11H,1,4,7-8H2. The number of benzene rings is 1. The van der Waals surface area contributed by atoms with Gasteiger partial charge in [0.05, 0.1) is 0 Å². The zero-order valence-corrected chi connectivity index (χ0v) is 6.59. The van der Waals surface area contributed by atoms with Crippen molar-refractivity contribution in [3.63, 3.8) is 0 Å². The number of hydrogen-bond donors (Lipinski definition) is 1. The molecule has 0 aromatic heterocycles. The minimum absolute atomic E-state index is 0.258. The van der Waals surface area contributed by atoms with Gasteiger partial charge in [-0.15, -0.1) is 0 Å². The van der Waals surface area contributed by atoms with Crippen LogP contribution in [0.25, 0.3) is 0 Å². The van der Waals surface area contributed by atoms with Crippen LogP contribution >= 0.6 is 0 Å². The molecule has 1 N–H and O–H groups in total. The first-order chi connectivity index (χ1) is 5.34. The Morgan fingerprint density at radius 2 is 2.00 bits per heavy atom. The Kier molecular flexibility index (Phi) is 3.12. The molecule has 59 valence electrons. The summed E-state index contributed by atoms with van der Waals surface area (Å²) in [6.45, 7) is 4.15. The van der Waals surface area contributed by atoms with Gasteiger partial charge >= 0.3 is 0 Å². The van der Waals surface area contributed by atoms with Gasteiger partial charge in [0.1, 0.15) is 0 Å². The topological polar surface area (TPSA) is 20.2 Å². The molecule has 0 saturated carbocycles. The first kappa shape index (κ1) is 8.28. The highest BCUT2D eigenvalue weighted by atomic mass is 16.2. The predicted molar refractivity (Wildman–Crippen MR) is 46.3 cm³/mol. The van der Waals surface area contributed by atoms with Crippen LogP contribution < -0.4 is 0 Å². The molecule has 1 nitrogen and oxygen atoms in total. The Morgan fingerprint density at radius 3 is 2.64 bits per heavy atom. The third-order valence-electron chi connectivity index (χ3n) is 1.72. The van der Waals surface area contributed by atoms with E-state index in [1.54, 1.807) is 0 Å². The number of rotatable bonds is 3. The molecule has 0 heterocycles. The molecule has 11 heavy (non-hydrogen) atoms. The second kappa shape index (κ2) is 4.14. The van der Waals surface area contributed by atoms with E-state index in [1.165, 1.54) is 5.56 Å². The summed E-state index contributed by atoms with van der Waals surface area (Å²) in [5, 5.41) is 8.60. The van der Waals surface area contributed by atoms with Crippen LogP contribution in [0, 0.1) is 6.92 Å². The van der Waals surface area contributed by atoms with Gasteiger partial charge in [-0.25, -0.2) is 0 Å². The minimum atomic E-state index is 0.258. The molecule has 1 heteroatoms. The van der Waals surface area contributed by atoms with Gasteiger partial charge in [0.15, 0.2) is 0 Å². The molecule has 0 bridgehead atoms. The van der Waals surface area contributed by atoms with Gasteiger partial charge in [0, 0.05) is 6.61 Å². The fourth-order valence-corrected chi connectivity index (χ4v) is 1.07. The van der Waals surface area contributed by atoms with Crippen LogP contribution in [0.5, 0.6) is 0 Å². The van der Waals surface area contributed by atoms with Crippen molar-refractivity contribution in [1.82, 2.24) is 0 Å². The molecule has 1 aromatic carbocycles. The summed E-state index contributed by atoms with van der Waals surface area (Å²) in [6.07, 6.45) is 1.75. The molecule has 0 spiro atoms. The average molecular weight is 149 g/mol. The van der Waals surface area contributed by atoms with Crippen LogP contribution in [0.2, 0.25) is 0 Å². The summed E-state index contributed by atoms with van der Waals surface area (Å²) in [5.41, 5.74) is 2.31. The number of aliphatic hydroxyl groups excluding tert-OH is 1. The smallest absolute Gasteiger partial charge is 0.0434 e. The van der Waals surface area contributed by atoms with Gasteiger partial charge in [-0.2, -0.15) is 0 Å². The van der Waals surface area contributed by atoms with Crippen molar-refractivity contribution in [3.05, 3.63) is 42.3 Å². The van der Waals surface area contributed by atoms with Crippen LogP contribution in [0.1, 0.15) is 17.5 Å². The van der Waals surface area contributed by atoms with Crippen molar-refractivity contribution in [2.75, 3.05) is 6.61 Å². The van der Waals surface area contributed by atoms with Gasteiger partial charge in [0.2, 0.25) is 0 Å². The second-order valence-electron chi connectivity index (χ2n) is 2.60. The maximum absolute atomic E-state index is 8.60. The summed E-state index contributed by atoms with van der Waals surface area (Å²) in [4.78, 5) is 0. The lowest BCUT2D eigenvalue weighted by molar-refractivity contribution is 0.288. The SMILES string of the molecule is [CH2]c1ccccc1CCCO. The molecule has 1 rings (SSSR count). The normalized spacial score (nSPS) is 10.0. The number of hydrogen-bond acceptors (Lipinski definition) is 1. The Bertz CT molecular complexity index is 218. The van der Waals surface area contributed by atoms with Gasteiger partial charge in [0.25, 0.3) is 0 Å². The zero-order chi connectivity index (χ0) is 8.10. The second-order valence-corrected chi connectivity index (χ2v) is 2.60. The number of aliphatic hydroxyl groups is 1. The summed E-state index contributed by atoms with van der Waals surface area (Å²) < 4.78 is 0. The van der Waals surface area contributed by atoms with Crippen molar-refractivity contribution in [2.24, 2.45) is 0 Å². The minimum Gasteiger partial charge on any atom is -0.396 e. The summed E-state index contributed by atoms with van der Waals surface area (Å²) in [5.74, 6) is 0. The molecular formula is C10H13O. The molecule has 0 atom stereocenters. The average Bonchev–Trinajstić information content (AvgIpc) is 2.03. The van der Waals surface area contributed by atoms with Crippen LogP contribution in [0.15, 0.2) is 24.3 Å². The molecule has 0 unspecified atom stereocenters. The van der Waals surface area contributed by atoms with Crippen molar-refractivity contribution in [2.45, 2.75) is 12.8 Å². The molecule has 0 aliphatic heterocycles. The van der Waals surface area contributed by atoms with Crippen molar-refractivity contribution < 1.29 is 5.11 Å². The monoisotopic (exact) mass is 149 g/mol. The molecular weight excluding hydrogens is 136 g/mol. The highest BCUT2D eigenvalue weighted by molar-refractivity contribution is 5.29. The van der Waals surface area contributed by atoms with E-state index in [9.17, 15) is 0 Å². The quantitative estimate of drug-likeness (QED) is 0.694. The molecule has 0 aliphatic rings. The Hall–Kier alpha value is -0.820. The van der Waals surface area contributed by atoms with Crippen LogP contribution in [-0.4, -0.2) is 11.7 Å². The first-order valence-electron chi connectivity index (χ1n) is 3.85. The van der Waals surface area contributed by atoms with Crippen LogP contribution in [0.4, 0.5) is 0 Å². The highest BCUT2D eigenvalue weighted by Crippen LogP contribution is 2.08.